The summed E-state index contributed by atoms with van der Waals surface area (Å²) in [7, 11) is 0. The molecule has 0 radical (unpaired) electrons. The molecular weight excluding hydrogens is 310 g/mol. The van der Waals surface area contributed by atoms with Crippen molar-refractivity contribution in [2.45, 2.75) is 44.7 Å². The van der Waals surface area contributed by atoms with Crippen LogP contribution in [0.1, 0.15) is 43.1 Å². The molecule has 1 saturated heterocycles. The molecule has 0 bridgehead atoms. The molecule has 0 aromatic carbocycles. The van der Waals surface area contributed by atoms with Gasteiger partial charge in [0.2, 0.25) is 0 Å². The first-order chi connectivity index (χ1) is 11.7. The van der Waals surface area contributed by atoms with Crippen molar-refractivity contribution in [3.63, 3.8) is 0 Å². The van der Waals surface area contributed by atoms with Crippen molar-refractivity contribution in [3.8, 4) is 0 Å². The van der Waals surface area contributed by atoms with E-state index in [1.807, 2.05) is 0 Å². The number of nitrogens with one attached hydrogen (secondary N) is 2. The molecule has 1 aliphatic heterocycles. The number of aromatic nitrogens is 2. The molecule has 0 unspecified atom stereocenters. The van der Waals surface area contributed by atoms with Crippen LogP contribution in [-0.2, 0) is 4.74 Å². The molecule has 2 aliphatic rings. The Morgan fingerprint density at radius 2 is 1.92 bits per heavy atom. The summed E-state index contributed by atoms with van der Waals surface area (Å²) < 4.78 is 5.01. The van der Waals surface area contributed by atoms with E-state index in [1.54, 1.807) is 24.0 Å². The third kappa shape index (κ3) is 4.33. The van der Waals surface area contributed by atoms with Crippen LogP contribution in [0.5, 0.6) is 0 Å². The van der Waals surface area contributed by atoms with Gasteiger partial charge >= 0.3 is 6.09 Å². The predicted molar refractivity (Wildman–Crippen MR) is 87.8 cm³/mol. The van der Waals surface area contributed by atoms with Crippen LogP contribution in [-0.4, -0.2) is 58.9 Å². The number of nitrogens with zero attached hydrogens (tertiary/aromatic N) is 3. The van der Waals surface area contributed by atoms with Crippen LogP contribution in [0.25, 0.3) is 0 Å². The van der Waals surface area contributed by atoms with E-state index in [0.29, 0.717) is 37.3 Å². The molecule has 8 nitrogen and oxygen atoms in total. The Hall–Kier alpha value is -2.38. The number of hydrogen-bond donors (Lipinski definition) is 2. The fraction of sp³-hybridized carbons (Fsp3) is 0.625. The van der Waals surface area contributed by atoms with Gasteiger partial charge in [0.15, 0.2) is 5.69 Å². The van der Waals surface area contributed by atoms with Crippen LogP contribution < -0.4 is 10.6 Å². The molecule has 2 fully saturated rings. The number of likely N-dealkylation sites (tertiary alicyclic amines) is 1. The number of amides is 2. The zero-order chi connectivity index (χ0) is 16.9. The van der Waals surface area contributed by atoms with Crippen molar-refractivity contribution < 1.29 is 14.3 Å². The second-order valence-corrected chi connectivity index (χ2v) is 6.16. The van der Waals surface area contributed by atoms with Crippen LogP contribution in [0, 0.1) is 0 Å². The number of carbonyl (C=O) groups is 2. The smallest absolute Gasteiger partial charge is 0.409 e. The Labute approximate surface area is 141 Å². The number of anilines is 1. The van der Waals surface area contributed by atoms with E-state index in [1.165, 1.54) is 0 Å². The SMILES string of the molecule is CCOC(=O)N1CCC(Nc2ccc(C(=O)NC3CC3)nn2)CC1. The van der Waals surface area contributed by atoms with Crippen molar-refractivity contribution in [3.05, 3.63) is 17.8 Å². The first kappa shape index (κ1) is 16.5. The van der Waals surface area contributed by atoms with E-state index >= 15 is 0 Å². The summed E-state index contributed by atoms with van der Waals surface area (Å²) in [6, 6.07) is 3.99. The number of piperidine rings is 1. The maximum absolute atomic E-state index is 11.9. The van der Waals surface area contributed by atoms with Crippen molar-refractivity contribution in [1.29, 1.82) is 0 Å². The Balaban J connectivity index is 1.46. The minimum Gasteiger partial charge on any atom is -0.450 e. The lowest BCUT2D eigenvalue weighted by Crippen LogP contribution is -2.42. The van der Waals surface area contributed by atoms with Gasteiger partial charge in [-0.15, -0.1) is 10.2 Å². The predicted octanol–water partition coefficient (Wildman–Crippen LogP) is 1.40. The summed E-state index contributed by atoms with van der Waals surface area (Å²) in [6.45, 7) is 3.52. The monoisotopic (exact) mass is 333 g/mol. The van der Waals surface area contributed by atoms with Crippen LogP contribution in [0.3, 0.4) is 0 Å². The summed E-state index contributed by atoms with van der Waals surface area (Å²) in [5.41, 5.74) is 0.338. The summed E-state index contributed by atoms with van der Waals surface area (Å²) >= 11 is 0. The van der Waals surface area contributed by atoms with Gasteiger partial charge in [-0.25, -0.2) is 4.79 Å². The molecule has 2 heterocycles. The third-order valence-corrected chi connectivity index (χ3v) is 4.18. The number of rotatable bonds is 5. The van der Waals surface area contributed by atoms with Crippen molar-refractivity contribution in [1.82, 2.24) is 20.4 Å². The summed E-state index contributed by atoms with van der Waals surface area (Å²) in [5.74, 6) is 0.479. The van der Waals surface area contributed by atoms with Gasteiger partial charge < -0.3 is 20.3 Å². The normalized spacial score (nSPS) is 18.1. The Morgan fingerprint density at radius 3 is 2.50 bits per heavy atom. The summed E-state index contributed by atoms with van der Waals surface area (Å²) in [4.78, 5) is 25.3. The minimum atomic E-state index is -0.248. The molecule has 0 atom stereocenters. The Bertz CT molecular complexity index is 580. The standard InChI is InChI=1S/C16H23N5O3/c1-2-24-16(23)21-9-7-12(8-10-21)17-14-6-5-13(19-20-14)15(22)18-11-3-4-11/h5-6,11-12H,2-4,7-10H2,1H3,(H,17,20)(H,18,22). The molecule has 0 spiro atoms. The van der Waals surface area contributed by atoms with Gasteiger partial charge in [-0.3, -0.25) is 4.79 Å². The van der Waals surface area contributed by atoms with Gasteiger partial charge in [0.25, 0.3) is 5.91 Å². The van der Waals surface area contributed by atoms with E-state index < -0.39 is 0 Å². The second kappa shape index (κ2) is 7.46. The highest BCUT2D eigenvalue weighted by Gasteiger charge is 2.25. The lowest BCUT2D eigenvalue weighted by atomic mass is 10.1. The van der Waals surface area contributed by atoms with Crippen molar-refractivity contribution in [2.75, 3.05) is 25.0 Å². The highest BCUT2D eigenvalue weighted by atomic mass is 16.6. The molecule has 2 amide bonds. The molecule has 24 heavy (non-hydrogen) atoms. The van der Waals surface area contributed by atoms with Crippen molar-refractivity contribution in [2.24, 2.45) is 0 Å². The number of hydrogen-bond acceptors (Lipinski definition) is 6. The highest BCUT2D eigenvalue weighted by Crippen LogP contribution is 2.19. The van der Waals surface area contributed by atoms with E-state index in [0.717, 1.165) is 25.7 Å². The van der Waals surface area contributed by atoms with Crippen LogP contribution in [0.15, 0.2) is 12.1 Å². The minimum absolute atomic E-state index is 0.167. The first-order valence-corrected chi connectivity index (χ1v) is 8.48. The molecule has 1 aliphatic carbocycles. The lowest BCUT2D eigenvalue weighted by molar-refractivity contribution is 0.0944. The summed E-state index contributed by atoms with van der Waals surface area (Å²) in [6.07, 6.45) is 3.49. The quantitative estimate of drug-likeness (QED) is 0.845. The average molecular weight is 333 g/mol. The molecular formula is C16H23N5O3. The average Bonchev–Trinajstić information content (AvgIpc) is 3.40. The van der Waals surface area contributed by atoms with E-state index in [-0.39, 0.29) is 18.0 Å². The number of ether oxygens (including phenoxy) is 1. The zero-order valence-corrected chi connectivity index (χ0v) is 13.8. The van der Waals surface area contributed by atoms with Gasteiger partial charge in [0.05, 0.1) is 6.61 Å². The fourth-order valence-electron chi connectivity index (χ4n) is 2.65. The van der Waals surface area contributed by atoms with Gasteiger partial charge in [0.1, 0.15) is 5.82 Å². The summed E-state index contributed by atoms with van der Waals surface area (Å²) in [5, 5.41) is 14.3. The maximum atomic E-state index is 11.9. The molecule has 1 aromatic rings. The van der Waals surface area contributed by atoms with Crippen LogP contribution in [0.2, 0.25) is 0 Å². The van der Waals surface area contributed by atoms with Gasteiger partial charge in [-0.05, 0) is 44.7 Å². The van der Waals surface area contributed by atoms with E-state index in [4.69, 9.17) is 4.74 Å². The molecule has 2 N–H and O–H groups in total. The molecule has 8 heteroatoms. The van der Waals surface area contributed by atoms with Crippen LogP contribution in [0.4, 0.5) is 10.6 Å². The van der Waals surface area contributed by atoms with Gasteiger partial charge in [0, 0.05) is 25.2 Å². The first-order valence-electron chi connectivity index (χ1n) is 8.48. The van der Waals surface area contributed by atoms with E-state index in [9.17, 15) is 9.59 Å². The maximum Gasteiger partial charge on any atom is 0.409 e. The third-order valence-electron chi connectivity index (χ3n) is 4.18. The van der Waals surface area contributed by atoms with E-state index in [2.05, 4.69) is 20.8 Å². The molecule has 1 aromatic heterocycles. The largest absolute Gasteiger partial charge is 0.450 e. The fourth-order valence-corrected chi connectivity index (χ4v) is 2.65. The lowest BCUT2D eigenvalue weighted by Gasteiger charge is -2.31. The topological polar surface area (TPSA) is 96.5 Å². The van der Waals surface area contributed by atoms with Gasteiger partial charge in [-0.2, -0.15) is 0 Å². The zero-order valence-electron chi connectivity index (χ0n) is 13.8. The molecule has 3 rings (SSSR count). The highest BCUT2D eigenvalue weighted by molar-refractivity contribution is 5.92. The van der Waals surface area contributed by atoms with Crippen molar-refractivity contribution >= 4 is 17.8 Å². The molecule has 130 valence electrons. The van der Waals surface area contributed by atoms with Crippen LogP contribution >= 0.6 is 0 Å². The Kier molecular flexibility index (Phi) is 5.12. The number of carbonyl (C=O) groups excluding carboxylic acids is 2. The van der Waals surface area contributed by atoms with Gasteiger partial charge in [-0.1, -0.05) is 0 Å². The second-order valence-electron chi connectivity index (χ2n) is 6.16. The Morgan fingerprint density at radius 1 is 1.17 bits per heavy atom. The molecule has 1 saturated carbocycles.